The van der Waals surface area contributed by atoms with Crippen molar-refractivity contribution >= 4 is 29.2 Å². The third kappa shape index (κ3) is 4.93. The Morgan fingerprint density at radius 2 is 1.86 bits per heavy atom. The lowest BCUT2D eigenvalue weighted by molar-refractivity contribution is -0.151. The number of nitrogens with one attached hydrogen (secondary N) is 1. The Morgan fingerprint density at radius 3 is 2.55 bits per heavy atom. The Balaban J connectivity index is 1.53. The maximum atomic E-state index is 12.3. The molecule has 0 aromatic heterocycles. The maximum Gasteiger partial charge on any atom is 0.311 e. The summed E-state index contributed by atoms with van der Waals surface area (Å²) in [5.74, 6) is -1.03. The van der Waals surface area contributed by atoms with Crippen molar-refractivity contribution in [3.63, 3.8) is 0 Å². The summed E-state index contributed by atoms with van der Waals surface area (Å²) in [7, 11) is 1.57. The lowest BCUT2D eigenvalue weighted by Crippen LogP contribution is -2.28. The first-order chi connectivity index (χ1) is 13.9. The van der Waals surface area contributed by atoms with Gasteiger partial charge in [-0.05, 0) is 55.3 Å². The minimum absolute atomic E-state index is 0.0590. The van der Waals surface area contributed by atoms with Gasteiger partial charge >= 0.3 is 5.97 Å². The van der Waals surface area contributed by atoms with E-state index in [1.807, 2.05) is 32.0 Å². The van der Waals surface area contributed by atoms with Crippen LogP contribution in [0.1, 0.15) is 17.5 Å². The lowest BCUT2D eigenvalue weighted by Gasteiger charge is -2.17. The molecule has 3 rings (SSSR count). The Labute approximate surface area is 169 Å². The van der Waals surface area contributed by atoms with Gasteiger partial charge in [-0.25, -0.2) is 0 Å². The van der Waals surface area contributed by atoms with Gasteiger partial charge in [-0.15, -0.1) is 0 Å². The third-order valence-electron chi connectivity index (χ3n) is 4.86. The molecule has 2 aromatic carbocycles. The van der Waals surface area contributed by atoms with Gasteiger partial charge in [-0.1, -0.05) is 12.1 Å². The van der Waals surface area contributed by atoms with E-state index in [1.54, 1.807) is 36.3 Å². The first-order valence-electron chi connectivity index (χ1n) is 9.35. The Bertz CT molecular complexity index is 923. The molecule has 1 N–H and O–H groups in total. The molecule has 7 heteroatoms. The van der Waals surface area contributed by atoms with E-state index < -0.39 is 17.8 Å². The molecule has 0 saturated carbocycles. The van der Waals surface area contributed by atoms with Crippen LogP contribution in [-0.4, -0.2) is 38.0 Å². The molecule has 7 nitrogen and oxygen atoms in total. The van der Waals surface area contributed by atoms with Crippen molar-refractivity contribution in [3.05, 3.63) is 53.6 Å². The molecule has 0 spiro atoms. The second-order valence-electron chi connectivity index (χ2n) is 7.08. The summed E-state index contributed by atoms with van der Waals surface area (Å²) in [5, 5.41) is 2.75. The minimum atomic E-state index is -0.599. The highest BCUT2D eigenvalue weighted by Crippen LogP contribution is 2.27. The molecule has 1 saturated heterocycles. The van der Waals surface area contributed by atoms with Crippen LogP contribution in [0.5, 0.6) is 5.75 Å². The summed E-state index contributed by atoms with van der Waals surface area (Å²) in [5.41, 5.74) is 3.32. The van der Waals surface area contributed by atoms with Crippen LogP contribution < -0.4 is 15.0 Å². The zero-order valence-corrected chi connectivity index (χ0v) is 16.7. The van der Waals surface area contributed by atoms with Crippen molar-refractivity contribution in [3.8, 4) is 5.75 Å². The largest absolute Gasteiger partial charge is 0.497 e. The number of carbonyl (C=O) groups is 3. The molecule has 152 valence electrons. The molecule has 1 aliphatic heterocycles. The molecule has 1 heterocycles. The third-order valence-corrected chi connectivity index (χ3v) is 4.86. The van der Waals surface area contributed by atoms with Gasteiger partial charge in [0, 0.05) is 24.3 Å². The highest BCUT2D eigenvalue weighted by atomic mass is 16.5. The summed E-state index contributed by atoms with van der Waals surface area (Å²) >= 11 is 0. The normalized spacial score (nSPS) is 15.9. The van der Waals surface area contributed by atoms with Crippen LogP contribution >= 0.6 is 0 Å². The van der Waals surface area contributed by atoms with Crippen LogP contribution in [0.15, 0.2) is 42.5 Å². The van der Waals surface area contributed by atoms with E-state index in [-0.39, 0.29) is 25.5 Å². The van der Waals surface area contributed by atoms with Gasteiger partial charge in [0.25, 0.3) is 5.91 Å². The quantitative estimate of drug-likeness (QED) is 0.759. The Morgan fingerprint density at radius 1 is 1.14 bits per heavy atom. The predicted octanol–water partition coefficient (Wildman–Crippen LogP) is 2.85. The fraction of sp³-hybridized carbons (Fsp3) is 0.318. The van der Waals surface area contributed by atoms with Gasteiger partial charge in [0.2, 0.25) is 5.91 Å². The van der Waals surface area contributed by atoms with Gasteiger partial charge in [-0.3, -0.25) is 14.4 Å². The molecule has 2 amide bonds. The average Bonchev–Trinajstić information content (AvgIpc) is 3.10. The molecular weight excluding hydrogens is 372 g/mol. The predicted molar refractivity (Wildman–Crippen MR) is 109 cm³/mol. The number of nitrogens with zero attached hydrogens (tertiary/aromatic N) is 1. The minimum Gasteiger partial charge on any atom is -0.497 e. The van der Waals surface area contributed by atoms with E-state index in [1.165, 1.54) is 0 Å². The van der Waals surface area contributed by atoms with Gasteiger partial charge in [0.05, 0.1) is 13.0 Å². The highest BCUT2D eigenvalue weighted by molar-refractivity contribution is 6.00. The maximum absolute atomic E-state index is 12.3. The fourth-order valence-corrected chi connectivity index (χ4v) is 3.19. The number of hydrogen-bond acceptors (Lipinski definition) is 5. The average molecular weight is 396 g/mol. The number of hydrogen-bond donors (Lipinski definition) is 1. The molecule has 2 aromatic rings. The smallest absolute Gasteiger partial charge is 0.311 e. The summed E-state index contributed by atoms with van der Waals surface area (Å²) in [6.07, 6.45) is 0.0590. The molecular formula is C22H24N2O5. The van der Waals surface area contributed by atoms with E-state index in [0.29, 0.717) is 17.1 Å². The summed E-state index contributed by atoms with van der Waals surface area (Å²) in [4.78, 5) is 38.3. The Hall–Kier alpha value is -3.35. The zero-order chi connectivity index (χ0) is 21.0. The lowest BCUT2D eigenvalue weighted by atomic mass is 10.1. The number of esters is 1. The van der Waals surface area contributed by atoms with Gasteiger partial charge in [-0.2, -0.15) is 0 Å². The molecule has 1 fully saturated rings. The monoisotopic (exact) mass is 396 g/mol. The summed E-state index contributed by atoms with van der Waals surface area (Å²) in [6.45, 7) is 3.65. The number of carbonyl (C=O) groups excluding carboxylic acids is 3. The molecule has 0 unspecified atom stereocenters. The number of benzene rings is 2. The van der Waals surface area contributed by atoms with E-state index >= 15 is 0 Å². The molecule has 0 bridgehead atoms. The van der Waals surface area contributed by atoms with E-state index in [4.69, 9.17) is 9.47 Å². The van der Waals surface area contributed by atoms with Crippen molar-refractivity contribution in [1.82, 2.24) is 0 Å². The van der Waals surface area contributed by atoms with E-state index in [2.05, 4.69) is 5.32 Å². The van der Waals surface area contributed by atoms with Crippen molar-refractivity contribution in [2.75, 3.05) is 30.5 Å². The molecule has 0 aliphatic carbocycles. The van der Waals surface area contributed by atoms with Crippen LogP contribution in [0.3, 0.4) is 0 Å². The van der Waals surface area contributed by atoms with Crippen molar-refractivity contribution in [2.45, 2.75) is 20.3 Å². The van der Waals surface area contributed by atoms with Crippen molar-refractivity contribution in [2.24, 2.45) is 5.92 Å². The van der Waals surface area contributed by atoms with Crippen LogP contribution in [0.25, 0.3) is 0 Å². The first-order valence-corrected chi connectivity index (χ1v) is 9.35. The number of ether oxygens (including phenoxy) is 2. The summed E-state index contributed by atoms with van der Waals surface area (Å²) < 4.78 is 10.3. The first kappa shape index (κ1) is 20.4. The van der Waals surface area contributed by atoms with Crippen LogP contribution in [0.2, 0.25) is 0 Å². The van der Waals surface area contributed by atoms with Crippen LogP contribution in [0.4, 0.5) is 11.4 Å². The topological polar surface area (TPSA) is 84.9 Å². The van der Waals surface area contributed by atoms with Crippen LogP contribution in [-0.2, 0) is 19.1 Å². The standard InChI is InChI=1S/C22H24N2O5/c1-14-4-5-15(2)19(10-14)23-20(25)13-29-22(27)16-11-21(26)24(12-16)17-6-8-18(28-3)9-7-17/h4-10,16H,11-13H2,1-3H3,(H,23,25)/t16-/m0/s1. The fourth-order valence-electron chi connectivity index (χ4n) is 3.19. The number of rotatable bonds is 6. The Kier molecular flexibility index (Phi) is 6.16. The number of methoxy groups -OCH3 is 1. The molecule has 0 radical (unpaired) electrons. The molecule has 1 aliphatic rings. The highest BCUT2D eigenvalue weighted by Gasteiger charge is 2.36. The van der Waals surface area contributed by atoms with Gasteiger partial charge in [0.1, 0.15) is 5.75 Å². The van der Waals surface area contributed by atoms with Crippen molar-refractivity contribution < 1.29 is 23.9 Å². The van der Waals surface area contributed by atoms with Crippen molar-refractivity contribution in [1.29, 1.82) is 0 Å². The van der Waals surface area contributed by atoms with Crippen LogP contribution in [0, 0.1) is 19.8 Å². The van der Waals surface area contributed by atoms with Gasteiger partial charge < -0.3 is 19.7 Å². The van der Waals surface area contributed by atoms with E-state index in [0.717, 1.165) is 11.1 Å². The second-order valence-corrected chi connectivity index (χ2v) is 7.08. The van der Waals surface area contributed by atoms with E-state index in [9.17, 15) is 14.4 Å². The SMILES string of the molecule is COc1ccc(N2C[C@@H](C(=O)OCC(=O)Nc3cc(C)ccc3C)CC2=O)cc1. The second kappa shape index (κ2) is 8.77. The number of amides is 2. The molecule has 29 heavy (non-hydrogen) atoms. The molecule has 1 atom stereocenters. The number of anilines is 2. The van der Waals surface area contributed by atoms with Gasteiger partial charge in [0.15, 0.2) is 6.61 Å². The summed E-state index contributed by atoms with van der Waals surface area (Å²) in [6, 6.07) is 12.8. The zero-order valence-electron chi connectivity index (χ0n) is 16.7. The number of aryl methyl sites for hydroxylation is 2.